The van der Waals surface area contributed by atoms with Gasteiger partial charge in [-0.2, -0.15) is 0 Å². The Balaban J connectivity index is 1.73. The van der Waals surface area contributed by atoms with E-state index in [0.29, 0.717) is 38.2 Å². The monoisotopic (exact) mass is 389 g/mol. The van der Waals surface area contributed by atoms with Gasteiger partial charge in [0.1, 0.15) is 10.4 Å². The third-order valence-corrected chi connectivity index (χ3v) is 6.55. The fourth-order valence-electron chi connectivity index (χ4n) is 3.49. The van der Waals surface area contributed by atoms with Crippen LogP contribution in [-0.4, -0.2) is 21.8 Å². The van der Waals surface area contributed by atoms with E-state index in [9.17, 15) is 9.59 Å². The molecule has 2 atom stereocenters. The molecule has 8 heteroatoms. The van der Waals surface area contributed by atoms with E-state index in [-0.39, 0.29) is 17.7 Å². The number of thiazole rings is 1. The lowest BCUT2D eigenvalue weighted by molar-refractivity contribution is -0.127. The van der Waals surface area contributed by atoms with Gasteiger partial charge < -0.3 is 0 Å². The highest BCUT2D eigenvalue weighted by Crippen LogP contribution is 2.59. The van der Waals surface area contributed by atoms with Gasteiger partial charge in [-0.05, 0) is 24.6 Å². The number of amides is 2. The predicted molar refractivity (Wildman–Crippen MR) is 95.8 cm³/mol. The molecule has 5 nitrogen and oxygen atoms in total. The lowest BCUT2D eigenvalue weighted by Crippen LogP contribution is -2.30. The summed E-state index contributed by atoms with van der Waals surface area (Å²) in [7, 11) is 0. The Morgan fingerprint density at radius 3 is 2.60 bits per heavy atom. The molecule has 0 radical (unpaired) electrons. The number of aromatic nitrogens is 2. The summed E-state index contributed by atoms with van der Waals surface area (Å²) in [5.41, 5.74) is 1.15. The third-order valence-electron chi connectivity index (χ3n) is 4.82. The molecular formula is C17H9Cl2N3O2S. The minimum atomic E-state index is -0.843. The second-order valence-electron chi connectivity index (χ2n) is 6.17. The molecule has 1 N–H and O–H groups in total. The first kappa shape index (κ1) is 15.3. The summed E-state index contributed by atoms with van der Waals surface area (Å²) < 4.78 is 0.792. The van der Waals surface area contributed by atoms with Crippen LogP contribution >= 0.6 is 34.5 Å². The molecule has 1 saturated heterocycles. The van der Waals surface area contributed by atoms with E-state index in [2.05, 4.69) is 15.3 Å². The standard InChI is InChI=1S/C17H9Cl2N3O2S/c18-8-2-1-3-9(19)11(8)15-21-10-4-5-20-13(12(10)25-15)17-6-7(17)14(23)22-16(17)24/h1-5,7H,6H2,(H,22,23,24). The first-order chi connectivity index (χ1) is 12.0. The zero-order valence-electron chi connectivity index (χ0n) is 12.5. The average Bonchev–Trinajstić information content (AvgIpc) is 3.11. The summed E-state index contributed by atoms with van der Waals surface area (Å²) in [6.45, 7) is 0. The fourth-order valence-corrected chi connectivity index (χ4v) is 5.39. The Hall–Kier alpha value is -2.02. The van der Waals surface area contributed by atoms with Crippen LogP contribution in [0.4, 0.5) is 0 Å². The summed E-state index contributed by atoms with van der Waals surface area (Å²) in [5, 5.41) is 4.09. The van der Waals surface area contributed by atoms with Gasteiger partial charge in [0.05, 0.1) is 31.9 Å². The van der Waals surface area contributed by atoms with Gasteiger partial charge in [-0.25, -0.2) is 4.98 Å². The molecule has 1 saturated carbocycles. The van der Waals surface area contributed by atoms with Gasteiger partial charge in [-0.15, -0.1) is 11.3 Å². The van der Waals surface area contributed by atoms with Crippen molar-refractivity contribution < 1.29 is 9.59 Å². The molecule has 3 aromatic rings. The molecule has 1 aliphatic carbocycles. The van der Waals surface area contributed by atoms with Gasteiger partial charge >= 0.3 is 0 Å². The van der Waals surface area contributed by atoms with Crippen LogP contribution in [-0.2, 0) is 15.0 Å². The summed E-state index contributed by atoms with van der Waals surface area (Å²) in [6.07, 6.45) is 2.12. The van der Waals surface area contributed by atoms with Crippen LogP contribution in [0.1, 0.15) is 12.1 Å². The Bertz CT molecular complexity index is 1080. The number of carbonyl (C=O) groups is 2. The van der Waals surface area contributed by atoms with Crippen molar-refractivity contribution in [3.63, 3.8) is 0 Å². The first-order valence-electron chi connectivity index (χ1n) is 7.58. The van der Waals surface area contributed by atoms with Crippen molar-refractivity contribution in [2.45, 2.75) is 11.8 Å². The number of hydrogen-bond acceptors (Lipinski definition) is 5. The van der Waals surface area contributed by atoms with E-state index in [1.807, 2.05) is 0 Å². The summed E-state index contributed by atoms with van der Waals surface area (Å²) in [5.74, 6) is -0.816. The van der Waals surface area contributed by atoms with Crippen molar-refractivity contribution in [2.75, 3.05) is 0 Å². The number of nitrogens with one attached hydrogen (secondary N) is 1. The SMILES string of the molecule is O=C1NC(=O)C2(c3nccc4nc(-c5c(Cl)cccc5Cl)sc34)CC12. The Morgan fingerprint density at radius 2 is 1.96 bits per heavy atom. The molecule has 124 valence electrons. The van der Waals surface area contributed by atoms with E-state index in [1.54, 1.807) is 30.5 Å². The molecule has 25 heavy (non-hydrogen) atoms. The molecular weight excluding hydrogens is 381 g/mol. The summed E-state index contributed by atoms with van der Waals surface area (Å²) in [4.78, 5) is 33.3. The van der Waals surface area contributed by atoms with E-state index in [4.69, 9.17) is 23.2 Å². The van der Waals surface area contributed by atoms with E-state index < -0.39 is 5.41 Å². The number of hydrogen-bond donors (Lipinski definition) is 1. The maximum Gasteiger partial charge on any atom is 0.239 e. The van der Waals surface area contributed by atoms with Crippen LogP contribution < -0.4 is 5.32 Å². The van der Waals surface area contributed by atoms with E-state index in [1.165, 1.54) is 11.3 Å². The Labute approximate surface area is 156 Å². The predicted octanol–water partition coefficient (Wildman–Crippen LogP) is 3.58. The van der Waals surface area contributed by atoms with Crippen molar-refractivity contribution in [1.29, 1.82) is 0 Å². The highest BCUT2D eigenvalue weighted by atomic mass is 35.5. The maximum absolute atomic E-state index is 12.3. The molecule has 5 rings (SSSR count). The van der Waals surface area contributed by atoms with Crippen LogP contribution in [0.3, 0.4) is 0 Å². The van der Waals surface area contributed by atoms with Crippen molar-refractivity contribution in [2.24, 2.45) is 5.92 Å². The topological polar surface area (TPSA) is 72.0 Å². The molecule has 0 spiro atoms. The number of fused-ring (bicyclic) bond motifs is 2. The molecule has 0 bridgehead atoms. The van der Waals surface area contributed by atoms with Crippen LogP contribution in [0.15, 0.2) is 30.5 Å². The number of rotatable bonds is 2. The van der Waals surface area contributed by atoms with Gasteiger partial charge in [0, 0.05) is 11.8 Å². The van der Waals surface area contributed by atoms with Gasteiger partial charge in [0.15, 0.2) is 0 Å². The minimum Gasteiger partial charge on any atom is -0.295 e. The minimum absolute atomic E-state index is 0.220. The maximum atomic E-state index is 12.3. The van der Waals surface area contributed by atoms with Gasteiger partial charge in [0.25, 0.3) is 0 Å². The summed E-state index contributed by atoms with van der Waals surface area (Å²) >= 11 is 14.0. The molecule has 2 amide bonds. The Kier molecular flexibility index (Phi) is 3.05. The zero-order valence-corrected chi connectivity index (χ0v) is 14.9. The lowest BCUT2D eigenvalue weighted by atomic mass is 9.99. The van der Waals surface area contributed by atoms with Crippen LogP contribution in [0, 0.1) is 5.92 Å². The number of carbonyl (C=O) groups excluding carboxylic acids is 2. The number of nitrogens with zero attached hydrogens (tertiary/aromatic N) is 2. The quantitative estimate of drug-likeness (QED) is 0.679. The zero-order chi connectivity index (χ0) is 17.3. The van der Waals surface area contributed by atoms with Gasteiger partial charge in [-0.1, -0.05) is 29.3 Å². The molecule has 2 aromatic heterocycles. The molecule has 2 unspecified atom stereocenters. The lowest BCUT2D eigenvalue weighted by Gasteiger charge is -2.09. The van der Waals surface area contributed by atoms with Crippen molar-refractivity contribution in [3.05, 3.63) is 46.2 Å². The van der Waals surface area contributed by atoms with Crippen molar-refractivity contribution >= 4 is 56.6 Å². The summed E-state index contributed by atoms with van der Waals surface area (Å²) in [6, 6.07) is 7.07. The van der Waals surface area contributed by atoms with E-state index in [0.717, 1.165) is 4.70 Å². The smallest absolute Gasteiger partial charge is 0.239 e. The van der Waals surface area contributed by atoms with Gasteiger partial charge in [0.2, 0.25) is 11.8 Å². The van der Waals surface area contributed by atoms with Crippen molar-refractivity contribution in [3.8, 4) is 10.6 Å². The number of pyridine rings is 1. The second-order valence-corrected chi connectivity index (χ2v) is 7.98. The molecule has 2 fully saturated rings. The van der Waals surface area contributed by atoms with Crippen molar-refractivity contribution in [1.82, 2.24) is 15.3 Å². The highest BCUT2D eigenvalue weighted by molar-refractivity contribution is 7.22. The average molecular weight is 390 g/mol. The molecule has 1 aromatic carbocycles. The normalized spacial score (nSPS) is 24.5. The second kappa shape index (κ2) is 5.00. The first-order valence-corrected chi connectivity index (χ1v) is 9.15. The number of piperidine rings is 1. The third kappa shape index (κ3) is 1.96. The highest BCUT2D eigenvalue weighted by Gasteiger charge is 2.71. The number of halogens is 2. The van der Waals surface area contributed by atoms with E-state index >= 15 is 0 Å². The van der Waals surface area contributed by atoms with Crippen LogP contribution in [0.2, 0.25) is 10.0 Å². The molecule has 1 aliphatic heterocycles. The number of benzene rings is 1. The Morgan fingerprint density at radius 1 is 1.20 bits per heavy atom. The number of imide groups is 1. The van der Waals surface area contributed by atoms with Crippen LogP contribution in [0.5, 0.6) is 0 Å². The molecule has 3 heterocycles. The fraction of sp³-hybridized carbons (Fsp3) is 0.176. The molecule has 2 aliphatic rings. The van der Waals surface area contributed by atoms with Crippen LogP contribution in [0.25, 0.3) is 20.8 Å². The largest absolute Gasteiger partial charge is 0.295 e. The van der Waals surface area contributed by atoms with Gasteiger partial charge in [-0.3, -0.25) is 19.9 Å².